The number of aromatic nitrogens is 2. The van der Waals surface area contributed by atoms with Gasteiger partial charge in [0.2, 0.25) is 0 Å². The minimum atomic E-state index is -3.05. The summed E-state index contributed by atoms with van der Waals surface area (Å²) in [6, 6.07) is 12.3. The van der Waals surface area contributed by atoms with Crippen LogP contribution in [0.1, 0.15) is 34.1 Å². The molecule has 4 aromatic rings. The quantitative estimate of drug-likeness (QED) is 0.260. The average molecular weight is 506 g/mol. The van der Waals surface area contributed by atoms with Gasteiger partial charge in [-0.15, -0.1) is 0 Å². The Balaban J connectivity index is 1.39. The Hall–Kier alpha value is -4.60. The lowest BCUT2D eigenvalue weighted by molar-refractivity contribution is 0.0175. The zero-order valence-electron chi connectivity index (χ0n) is 19.9. The van der Waals surface area contributed by atoms with Crippen LogP contribution in [0.2, 0.25) is 0 Å². The summed E-state index contributed by atoms with van der Waals surface area (Å²) in [7, 11) is 0. The van der Waals surface area contributed by atoms with E-state index < -0.39 is 17.8 Å². The fourth-order valence-electron chi connectivity index (χ4n) is 4.32. The molecule has 7 nitrogen and oxygen atoms in total. The van der Waals surface area contributed by atoms with Gasteiger partial charge in [0, 0.05) is 53.4 Å². The topological polar surface area (TPSA) is 98.9 Å². The Kier molecular flexibility index (Phi) is 5.94. The van der Waals surface area contributed by atoms with Crippen LogP contribution in [-0.4, -0.2) is 21.9 Å². The molecule has 10 heteroatoms. The number of aromatic amines is 1. The van der Waals surface area contributed by atoms with Gasteiger partial charge in [0.1, 0.15) is 11.6 Å². The van der Waals surface area contributed by atoms with Crippen LogP contribution in [-0.2, 0) is 12.5 Å². The number of alkyl halides is 2. The van der Waals surface area contributed by atoms with Gasteiger partial charge in [-0.3, -0.25) is 4.79 Å². The molecule has 37 heavy (non-hydrogen) atoms. The van der Waals surface area contributed by atoms with Crippen molar-refractivity contribution in [3.05, 3.63) is 89.0 Å². The highest BCUT2D eigenvalue weighted by Gasteiger charge is 2.28. The molecule has 0 saturated carbocycles. The van der Waals surface area contributed by atoms with Gasteiger partial charge < -0.3 is 20.9 Å². The number of fused-ring (bicyclic) bond motifs is 1. The first-order chi connectivity index (χ1) is 17.6. The number of imidazole rings is 1. The summed E-state index contributed by atoms with van der Waals surface area (Å²) in [5.41, 5.74) is 3.48. The molecule has 3 aromatic carbocycles. The Labute approximate surface area is 210 Å². The van der Waals surface area contributed by atoms with E-state index in [1.54, 1.807) is 18.3 Å². The third kappa shape index (κ3) is 4.77. The number of nitrogens with one attached hydrogen (secondary N) is 4. The van der Waals surface area contributed by atoms with Gasteiger partial charge in [0.25, 0.3) is 11.8 Å². The monoisotopic (exact) mass is 505 g/mol. The molecule has 1 aliphatic heterocycles. The van der Waals surface area contributed by atoms with E-state index in [9.17, 15) is 18.4 Å². The summed E-state index contributed by atoms with van der Waals surface area (Å²) in [5.74, 6) is -3.37. The summed E-state index contributed by atoms with van der Waals surface area (Å²) in [6.07, 6.45) is 1.67. The number of anilines is 2. The van der Waals surface area contributed by atoms with Gasteiger partial charge in [0.05, 0.1) is 5.56 Å². The molecule has 4 N–H and O–H groups in total. The number of benzene rings is 3. The number of aryl methyl sites for hydroxylation is 1. The van der Waals surface area contributed by atoms with Crippen LogP contribution in [0, 0.1) is 12.7 Å². The first kappa shape index (κ1) is 24.1. The van der Waals surface area contributed by atoms with Gasteiger partial charge in [-0.2, -0.15) is 0 Å². The van der Waals surface area contributed by atoms with Crippen molar-refractivity contribution >= 4 is 23.3 Å². The molecule has 3 amide bonds. The van der Waals surface area contributed by atoms with Gasteiger partial charge in [0.15, 0.2) is 0 Å². The van der Waals surface area contributed by atoms with Gasteiger partial charge in [-0.1, -0.05) is 18.2 Å². The molecule has 0 saturated heterocycles. The lowest BCUT2D eigenvalue weighted by Gasteiger charge is -2.14. The summed E-state index contributed by atoms with van der Waals surface area (Å²) < 4.78 is 42.3. The van der Waals surface area contributed by atoms with E-state index in [1.807, 2.05) is 6.92 Å². The molecule has 1 aliphatic rings. The largest absolute Gasteiger partial charge is 0.348 e. The fraction of sp³-hybridized carbons (Fsp3) is 0.148. The third-order valence-corrected chi connectivity index (χ3v) is 6.07. The Morgan fingerprint density at radius 2 is 1.70 bits per heavy atom. The van der Waals surface area contributed by atoms with Crippen molar-refractivity contribution in [2.24, 2.45) is 0 Å². The van der Waals surface area contributed by atoms with E-state index in [-0.39, 0.29) is 35.0 Å². The number of nitrogens with zero attached hydrogens (tertiary/aromatic N) is 1. The molecular weight excluding hydrogens is 483 g/mol. The summed E-state index contributed by atoms with van der Waals surface area (Å²) in [5, 5.41) is 7.76. The number of hydrogen-bond donors (Lipinski definition) is 4. The predicted octanol–water partition coefficient (Wildman–Crippen LogP) is 6.19. The number of hydrogen-bond acceptors (Lipinski definition) is 3. The van der Waals surface area contributed by atoms with E-state index in [2.05, 4.69) is 25.9 Å². The molecule has 0 radical (unpaired) electrons. The minimum absolute atomic E-state index is 0.171. The molecule has 2 heterocycles. The van der Waals surface area contributed by atoms with Crippen LogP contribution in [0.25, 0.3) is 22.5 Å². The minimum Gasteiger partial charge on any atom is -0.348 e. The van der Waals surface area contributed by atoms with Crippen molar-refractivity contribution in [3.63, 3.8) is 0 Å². The number of rotatable bonds is 5. The molecule has 188 valence electrons. The lowest BCUT2D eigenvalue weighted by Crippen LogP contribution is -2.20. The van der Waals surface area contributed by atoms with Crippen molar-refractivity contribution in [3.8, 4) is 22.5 Å². The van der Waals surface area contributed by atoms with Crippen molar-refractivity contribution in [1.29, 1.82) is 0 Å². The van der Waals surface area contributed by atoms with E-state index in [0.29, 0.717) is 28.1 Å². The molecule has 0 spiro atoms. The number of carbonyl (C=O) groups is 2. The maximum Gasteiger partial charge on any atom is 0.323 e. The van der Waals surface area contributed by atoms with Crippen LogP contribution >= 0.6 is 0 Å². The number of urea groups is 1. The van der Waals surface area contributed by atoms with Crippen molar-refractivity contribution in [1.82, 2.24) is 15.3 Å². The summed E-state index contributed by atoms with van der Waals surface area (Å²) in [6.45, 7) is 2.87. The molecule has 1 aromatic heterocycles. The predicted molar refractivity (Wildman–Crippen MR) is 134 cm³/mol. The Morgan fingerprint density at radius 1 is 1.00 bits per heavy atom. The van der Waals surface area contributed by atoms with Gasteiger partial charge in [-0.05, 0) is 54.4 Å². The number of H-pyrrole nitrogens is 1. The Bertz CT molecular complexity index is 1540. The second kappa shape index (κ2) is 9.12. The molecule has 0 unspecified atom stereocenters. The second-order valence-corrected chi connectivity index (χ2v) is 8.85. The molecule has 0 atom stereocenters. The molecular formula is C27H22F3N5O2. The van der Waals surface area contributed by atoms with Crippen molar-refractivity contribution in [2.75, 3.05) is 10.6 Å². The van der Waals surface area contributed by atoms with E-state index >= 15 is 4.39 Å². The van der Waals surface area contributed by atoms with Crippen molar-refractivity contribution in [2.45, 2.75) is 26.3 Å². The maximum atomic E-state index is 15.2. The first-order valence-corrected chi connectivity index (χ1v) is 11.4. The van der Waals surface area contributed by atoms with Gasteiger partial charge in [-0.25, -0.2) is 22.9 Å². The fourth-order valence-corrected chi connectivity index (χ4v) is 4.32. The van der Waals surface area contributed by atoms with Crippen LogP contribution in [0.15, 0.2) is 60.8 Å². The lowest BCUT2D eigenvalue weighted by atomic mass is 9.92. The van der Waals surface area contributed by atoms with E-state index in [1.165, 1.54) is 36.4 Å². The summed E-state index contributed by atoms with van der Waals surface area (Å²) >= 11 is 0. The smallest absolute Gasteiger partial charge is 0.323 e. The molecule has 0 bridgehead atoms. The molecule has 5 rings (SSSR count). The van der Waals surface area contributed by atoms with Crippen molar-refractivity contribution < 1.29 is 22.8 Å². The highest BCUT2D eigenvalue weighted by molar-refractivity contribution is 6.06. The summed E-state index contributed by atoms with van der Waals surface area (Å²) in [4.78, 5) is 32.4. The Morgan fingerprint density at radius 3 is 2.38 bits per heavy atom. The van der Waals surface area contributed by atoms with E-state index in [4.69, 9.17) is 0 Å². The molecule has 0 fully saturated rings. The standard InChI is InChI=1S/C27H22F3N5O2/c1-14-12-31-24(33-14)20-9-8-18(21-13-32-25(36)23(20)21)19-7-6-17(11-22(19)28)35-26(37)34-16-5-3-4-15(10-16)27(2,29)30/h3-12H,13H2,1-2H3,(H,31,33)(H,32,36)(H2,34,35,37). The van der Waals surface area contributed by atoms with Crippen LogP contribution < -0.4 is 16.0 Å². The number of amides is 3. The number of halogens is 3. The van der Waals surface area contributed by atoms with Gasteiger partial charge >= 0.3 is 6.03 Å². The SMILES string of the molecule is Cc1cnc(-c2ccc(-c3ccc(NC(=O)Nc4cccc(C(C)(F)F)c4)cc3F)c3c2C(=O)NC3)[nH]1. The van der Waals surface area contributed by atoms with E-state index in [0.717, 1.165) is 18.7 Å². The highest BCUT2D eigenvalue weighted by atomic mass is 19.3. The first-order valence-electron chi connectivity index (χ1n) is 11.4. The zero-order valence-corrected chi connectivity index (χ0v) is 19.9. The number of carbonyl (C=O) groups excluding carboxylic acids is 2. The zero-order chi connectivity index (χ0) is 26.3. The normalized spacial score (nSPS) is 12.7. The van der Waals surface area contributed by atoms with Crippen LogP contribution in [0.3, 0.4) is 0 Å². The van der Waals surface area contributed by atoms with Crippen LogP contribution in [0.4, 0.5) is 29.3 Å². The third-order valence-electron chi connectivity index (χ3n) is 6.07. The maximum absolute atomic E-state index is 15.2. The van der Waals surface area contributed by atoms with Crippen LogP contribution in [0.5, 0.6) is 0 Å². The second-order valence-electron chi connectivity index (χ2n) is 8.85. The highest BCUT2D eigenvalue weighted by Crippen LogP contribution is 2.37. The average Bonchev–Trinajstić information content (AvgIpc) is 3.44. The molecule has 0 aliphatic carbocycles.